The predicted molar refractivity (Wildman–Crippen MR) is 106 cm³/mol. The molecular formula is C17H16Cl3NO4S. The summed E-state index contributed by atoms with van der Waals surface area (Å²) in [5.74, 6) is 0.704. The zero-order chi connectivity index (χ0) is 19.5. The Kier molecular flexibility index (Phi) is 6.69. The third-order valence-corrected chi connectivity index (χ3v) is 6.63. The smallest absolute Gasteiger partial charge is 0.266 e. The number of anilines is 1. The SMILES string of the molecule is C=CCN(c1ccc(OC)c(Cl)c1)S(=O)(=O)c1ccc(OC)c(Cl)c1Cl. The Hall–Kier alpha value is -1.60. The molecule has 140 valence electrons. The molecule has 9 heteroatoms. The van der Waals surface area contributed by atoms with Gasteiger partial charge in [0, 0.05) is 0 Å². The molecule has 0 radical (unpaired) electrons. The predicted octanol–water partition coefficient (Wildman–Crippen LogP) is 5.05. The number of methoxy groups -OCH3 is 2. The van der Waals surface area contributed by atoms with E-state index in [0.29, 0.717) is 11.4 Å². The van der Waals surface area contributed by atoms with Gasteiger partial charge in [0.15, 0.2) is 0 Å². The van der Waals surface area contributed by atoms with Gasteiger partial charge in [0.25, 0.3) is 10.0 Å². The number of nitrogens with zero attached hydrogens (tertiary/aromatic N) is 1. The number of hydrogen-bond donors (Lipinski definition) is 0. The highest BCUT2D eigenvalue weighted by molar-refractivity contribution is 7.93. The van der Waals surface area contributed by atoms with E-state index in [-0.39, 0.29) is 32.3 Å². The summed E-state index contributed by atoms with van der Waals surface area (Å²) in [5, 5.41) is 0.161. The van der Waals surface area contributed by atoms with Crippen LogP contribution in [0.15, 0.2) is 47.9 Å². The molecule has 0 bridgehead atoms. The summed E-state index contributed by atoms with van der Waals surface area (Å²) in [6.07, 6.45) is 1.45. The van der Waals surface area contributed by atoms with Crippen molar-refractivity contribution in [2.75, 3.05) is 25.1 Å². The van der Waals surface area contributed by atoms with Crippen molar-refractivity contribution >= 4 is 50.5 Å². The lowest BCUT2D eigenvalue weighted by molar-refractivity contribution is 0.414. The van der Waals surface area contributed by atoms with E-state index in [1.807, 2.05) is 0 Å². The van der Waals surface area contributed by atoms with Gasteiger partial charge in [-0.2, -0.15) is 0 Å². The van der Waals surface area contributed by atoms with E-state index < -0.39 is 10.0 Å². The van der Waals surface area contributed by atoms with Gasteiger partial charge in [-0.3, -0.25) is 4.31 Å². The average Bonchev–Trinajstić information content (AvgIpc) is 2.61. The summed E-state index contributed by atoms with van der Waals surface area (Å²) in [7, 11) is -1.16. The monoisotopic (exact) mass is 435 g/mol. The molecule has 26 heavy (non-hydrogen) atoms. The van der Waals surface area contributed by atoms with E-state index >= 15 is 0 Å². The lowest BCUT2D eigenvalue weighted by Gasteiger charge is -2.24. The van der Waals surface area contributed by atoms with Crippen molar-refractivity contribution in [3.05, 3.63) is 58.1 Å². The molecule has 0 spiro atoms. The molecule has 0 atom stereocenters. The number of hydrogen-bond acceptors (Lipinski definition) is 4. The molecule has 0 N–H and O–H groups in total. The average molecular weight is 437 g/mol. The number of rotatable bonds is 7. The van der Waals surface area contributed by atoms with Gasteiger partial charge in [0.2, 0.25) is 0 Å². The quantitative estimate of drug-likeness (QED) is 0.570. The van der Waals surface area contributed by atoms with E-state index in [4.69, 9.17) is 44.3 Å². The van der Waals surface area contributed by atoms with Crippen LogP contribution < -0.4 is 13.8 Å². The van der Waals surface area contributed by atoms with Gasteiger partial charge in [-0.25, -0.2) is 8.42 Å². The second-order valence-corrected chi connectivity index (χ2v) is 8.03. The third kappa shape index (κ3) is 3.88. The van der Waals surface area contributed by atoms with Crippen molar-refractivity contribution in [2.24, 2.45) is 0 Å². The van der Waals surface area contributed by atoms with Crippen LogP contribution in [0.1, 0.15) is 0 Å². The molecule has 2 rings (SSSR count). The first-order valence-corrected chi connectivity index (χ1v) is 9.84. The van der Waals surface area contributed by atoms with Gasteiger partial charge >= 0.3 is 0 Å². The minimum Gasteiger partial charge on any atom is -0.495 e. The fourth-order valence-electron chi connectivity index (χ4n) is 2.26. The number of ether oxygens (including phenoxy) is 2. The highest BCUT2D eigenvalue weighted by Crippen LogP contribution is 2.39. The molecule has 0 saturated carbocycles. The molecule has 0 unspecified atom stereocenters. The van der Waals surface area contributed by atoms with E-state index in [2.05, 4.69) is 6.58 Å². The second-order valence-electron chi connectivity index (χ2n) is 5.04. The van der Waals surface area contributed by atoms with Gasteiger partial charge < -0.3 is 9.47 Å². The lowest BCUT2D eigenvalue weighted by atomic mass is 10.3. The molecule has 0 aliphatic rings. The first kappa shape index (κ1) is 20.7. The Morgan fingerprint density at radius 3 is 2.19 bits per heavy atom. The largest absolute Gasteiger partial charge is 0.495 e. The summed E-state index contributed by atoms with van der Waals surface area (Å²) < 4.78 is 37.6. The highest BCUT2D eigenvalue weighted by atomic mass is 35.5. The van der Waals surface area contributed by atoms with Crippen LogP contribution in [0.25, 0.3) is 0 Å². The van der Waals surface area contributed by atoms with E-state index in [1.165, 1.54) is 38.5 Å². The Morgan fingerprint density at radius 1 is 1.04 bits per heavy atom. The maximum atomic E-state index is 13.2. The zero-order valence-corrected chi connectivity index (χ0v) is 17.1. The molecule has 0 aliphatic carbocycles. The third-order valence-electron chi connectivity index (χ3n) is 3.52. The number of sulfonamides is 1. The molecule has 2 aromatic rings. The molecule has 0 aromatic heterocycles. The summed E-state index contributed by atoms with van der Waals surface area (Å²) >= 11 is 18.4. The lowest BCUT2D eigenvalue weighted by Crippen LogP contribution is -2.31. The molecule has 0 amide bonds. The van der Waals surface area contributed by atoms with Crippen molar-refractivity contribution in [1.82, 2.24) is 0 Å². The minimum absolute atomic E-state index is 0.00493. The summed E-state index contributed by atoms with van der Waals surface area (Å²) in [4.78, 5) is -0.154. The fourth-order valence-corrected chi connectivity index (χ4v) is 4.76. The van der Waals surface area contributed by atoms with Gasteiger partial charge in [-0.1, -0.05) is 40.9 Å². The highest BCUT2D eigenvalue weighted by Gasteiger charge is 2.29. The summed E-state index contributed by atoms with van der Waals surface area (Å²) in [6.45, 7) is 3.62. The van der Waals surface area contributed by atoms with Crippen LogP contribution in [0.2, 0.25) is 15.1 Å². The minimum atomic E-state index is -4.04. The van der Waals surface area contributed by atoms with Crippen molar-refractivity contribution in [3.63, 3.8) is 0 Å². The Morgan fingerprint density at radius 2 is 1.65 bits per heavy atom. The van der Waals surface area contributed by atoms with Gasteiger partial charge in [-0.05, 0) is 30.3 Å². The Balaban J connectivity index is 2.61. The van der Waals surface area contributed by atoms with Gasteiger partial charge in [-0.15, -0.1) is 6.58 Å². The van der Waals surface area contributed by atoms with Gasteiger partial charge in [0.1, 0.15) is 21.4 Å². The standard InChI is InChI=1S/C17H16Cl3NO4S/c1-4-9-21(11-5-6-13(24-2)12(18)10-11)26(22,23)15-8-7-14(25-3)16(19)17(15)20/h4-8,10H,1,9H2,2-3H3. The van der Waals surface area contributed by atoms with Crippen molar-refractivity contribution in [3.8, 4) is 11.5 Å². The van der Waals surface area contributed by atoms with Gasteiger partial charge in [0.05, 0.1) is 36.5 Å². The van der Waals surface area contributed by atoms with Crippen LogP contribution in [0.3, 0.4) is 0 Å². The van der Waals surface area contributed by atoms with Crippen molar-refractivity contribution in [1.29, 1.82) is 0 Å². The molecular weight excluding hydrogens is 421 g/mol. The van der Waals surface area contributed by atoms with E-state index in [1.54, 1.807) is 12.1 Å². The zero-order valence-electron chi connectivity index (χ0n) is 14.0. The molecule has 0 fully saturated rings. The van der Waals surface area contributed by atoms with Crippen molar-refractivity contribution < 1.29 is 17.9 Å². The molecule has 0 aliphatic heterocycles. The van der Waals surface area contributed by atoms with Crippen LogP contribution in [-0.2, 0) is 10.0 Å². The van der Waals surface area contributed by atoms with E-state index in [0.717, 1.165) is 4.31 Å². The van der Waals surface area contributed by atoms with Crippen LogP contribution in [0.4, 0.5) is 5.69 Å². The molecule has 0 heterocycles. The van der Waals surface area contributed by atoms with Crippen LogP contribution >= 0.6 is 34.8 Å². The summed E-state index contributed by atoms with van der Waals surface area (Å²) in [5.41, 5.74) is 0.332. The first-order valence-electron chi connectivity index (χ1n) is 7.27. The first-order chi connectivity index (χ1) is 12.3. The fraction of sp³-hybridized carbons (Fsp3) is 0.176. The molecule has 5 nitrogen and oxygen atoms in total. The summed E-state index contributed by atoms with van der Waals surface area (Å²) in [6, 6.07) is 7.41. The molecule has 2 aromatic carbocycles. The topological polar surface area (TPSA) is 55.8 Å². The number of benzene rings is 2. The van der Waals surface area contributed by atoms with Crippen LogP contribution in [0, 0.1) is 0 Å². The normalized spacial score (nSPS) is 11.1. The maximum Gasteiger partial charge on any atom is 0.266 e. The van der Waals surface area contributed by atoms with Crippen molar-refractivity contribution in [2.45, 2.75) is 4.90 Å². The van der Waals surface area contributed by atoms with Crippen LogP contribution in [0.5, 0.6) is 11.5 Å². The Bertz CT molecular complexity index is 932. The Labute approximate surface area is 167 Å². The maximum absolute atomic E-state index is 13.2. The van der Waals surface area contributed by atoms with Crippen LogP contribution in [-0.4, -0.2) is 29.2 Å². The second kappa shape index (κ2) is 8.39. The van der Waals surface area contributed by atoms with E-state index in [9.17, 15) is 8.42 Å². The number of halogens is 3. The molecule has 0 saturated heterocycles.